The number of oxime groups is 1. The van der Waals surface area contributed by atoms with Crippen molar-refractivity contribution in [2.75, 3.05) is 6.61 Å². The maximum atomic E-state index is 10.7. The molecule has 0 amide bonds. The van der Waals surface area contributed by atoms with Crippen LogP contribution in [0.4, 0.5) is 0 Å². The van der Waals surface area contributed by atoms with E-state index in [4.69, 9.17) is 9.29 Å². The van der Waals surface area contributed by atoms with Crippen molar-refractivity contribution in [3.05, 3.63) is 0 Å². The van der Waals surface area contributed by atoms with Gasteiger partial charge in [-0.15, -0.1) is 0 Å². The summed E-state index contributed by atoms with van der Waals surface area (Å²) >= 11 is 0.699. The molecule has 164 valence electrons. The van der Waals surface area contributed by atoms with Gasteiger partial charge in [-0.3, -0.25) is 4.55 Å². The van der Waals surface area contributed by atoms with Crippen molar-refractivity contribution in [3.8, 4) is 0 Å². The van der Waals surface area contributed by atoms with E-state index in [1.54, 1.807) is 0 Å². The average Bonchev–Trinajstić information content (AvgIpc) is 2.61. The van der Waals surface area contributed by atoms with E-state index in [2.05, 4.69) is 9.44 Å². The molecule has 15 heteroatoms. The van der Waals surface area contributed by atoms with Crippen molar-refractivity contribution in [1.82, 2.24) is 0 Å². The molecule has 0 aromatic heterocycles. The number of hydrogen-bond donors (Lipinski definition) is 5. The molecule has 12 nitrogen and oxygen atoms in total. The summed E-state index contributed by atoms with van der Waals surface area (Å²) in [7, 11) is -4.86. The van der Waals surface area contributed by atoms with Crippen LogP contribution in [0.15, 0.2) is 5.16 Å². The second kappa shape index (κ2) is 14.7. The van der Waals surface area contributed by atoms with Crippen LogP contribution in [0.1, 0.15) is 38.5 Å². The number of carbonyl (C=O) groups is 1. The summed E-state index contributed by atoms with van der Waals surface area (Å²) in [5.41, 5.74) is -1.20. The molecule has 1 saturated heterocycles. The van der Waals surface area contributed by atoms with Crippen molar-refractivity contribution in [2.24, 2.45) is 5.16 Å². The van der Waals surface area contributed by atoms with Gasteiger partial charge in [0.25, 0.3) is 0 Å². The quantitative estimate of drug-likeness (QED) is 0.0465. The molecule has 0 bridgehead atoms. The predicted octanol–water partition coefficient (Wildman–Crippen LogP) is -5.25. The van der Waals surface area contributed by atoms with Crippen LogP contribution in [-0.2, 0) is 24.2 Å². The van der Waals surface area contributed by atoms with E-state index in [0.29, 0.717) is 37.4 Å². The third kappa shape index (κ3) is 11.7. The van der Waals surface area contributed by atoms with Gasteiger partial charge in [-0.2, -0.15) is 8.42 Å². The number of aliphatic hydroxyl groups is 4. The average molecular weight is 486 g/mol. The molecule has 0 aromatic carbocycles. The van der Waals surface area contributed by atoms with Crippen molar-refractivity contribution < 1.29 is 104 Å². The zero-order valence-corrected chi connectivity index (χ0v) is 20.5. The Morgan fingerprint density at radius 3 is 2.17 bits per heavy atom. The fourth-order valence-corrected chi connectivity index (χ4v) is 3.75. The molecule has 29 heavy (non-hydrogen) atoms. The van der Waals surface area contributed by atoms with Crippen LogP contribution < -0.4 is 56.5 Å². The molecule has 0 unspecified atom stereocenters. The summed E-state index contributed by atoms with van der Waals surface area (Å²) in [6.07, 6.45) is -3.80. The molecule has 1 heterocycles. The molecular formula is C14H24KNO11S2. The summed E-state index contributed by atoms with van der Waals surface area (Å²) in [5, 5.41) is 52.4. The standard InChI is InChI=1S/C14H25NO11S2.K/c16-7-8-11(19)12(20)13(21)14(25-8)27-9(15-26-28(22,23)24)5-3-1-2-4-6-10(17)18;/h8,11-14,16,19-21H,1-7H2,(H,17,18)(H,22,23,24);/q;+1/p-1/b15-9-;/t8-,11-,12+,13-,14+;/m1./s1. The minimum atomic E-state index is -4.86. The fourth-order valence-electron chi connectivity index (χ4n) is 2.41. The second-order valence-electron chi connectivity index (χ2n) is 6.09. The van der Waals surface area contributed by atoms with Crippen molar-refractivity contribution in [3.63, 3.8) is 0 Å². The van der Waals surface area contributed by atoms with Gasteiger partial charge in [0, 0.05) is 5.97 Å². The van der Waals surface area contributed by atoms with E-state index >= 15 is 0 Å². The van der Waals surface area contributed by atoms with Gasteiger partial charge in [-0.05, 0) is 25.7 Å². The van der Waals surface area contributed by atoms with Crippen LogP contribution in [0, 0.1) is 0 Å². The van der Waals surface area contributed by atoms with E-state index in [-0.39, 0.29) is 69.3 Å². The number of ether oxygens (including phenoxy) is 1. The predicted molar refractivity (Wildman–Crippen MR) is 94.1 cm³/mol. The molecule has 5 atom stereocenters. The molecule has 1 aliphatic heterocycles. The first-order valence-electron chi connectivity index (χ1n) is 8.45. The number of nitrogens with zero attached hydrogens (tertiary/aromatic N) is 1. The normalized spacial score (nSPS) is 27.9. The first-order chi connectivity index (χ1) is 13.0. The number of carboxylic acid groups (broad SMARTS) is 1. The van der Waals surface area contributed by atoms with Gasteiger partial charge < -0.3 is 35.1 Å². The van der Waals surface area contributed by atoms with Gasteiger partial charge >= 0.3 is 61.8 Å². The van der Waals surface area contributed by atoms with E-state index < -0.39 is 52.8 Å². The number of thioether (sulfide) groups is 1. The summed E-state index contributed by atoms with van der Waals surface area (Å²) in [4.78, 5) is 10.3. The third-order valence-corrected chi connectivity index (χ3v) is 5.29. The zero-order valence-electron chi connectivity index (χ0n) is 15.8. The maximum Gasteiger partial charge on any atom is 1.00 e. The molecule has 0 aliphatic carbocycles. The molecule has 0 spiro atoms. The molecular weight excluding hydrogens is 461 g/mol. The second-order valence-corrected chi connectivity index (χ2v) is 8.26. The number of aliphatic carboxylic acids is 1. The van der Waals surface area contributed by atoms with Crippen LogP contribution in [0.25, 0.3) is 0 Å². The Bertz CT molecular complexity index is 631. The first kappa shape index (κ1) is 29.6. The minimum Gasteiger partial charge on any atom is -0.550 e. The smallest absolute Gasteiger partial charge is 0.550 e. The van der Waals surface area contributed by atoms with E-state index in [0.717, 1.165) is 0 Å². The molecule has 1 aliphatic rings. The molecule has 0 radical (unpaired) electrons. The first-order valence-corrected chi connectivity index (χ1v) is 10.7. The van der Waals surface area contributed by atoms with Crippen molar-refractivity contribution >= 4 is 33.2 Å². The van der Waals surface area contributed by atoms with Gasteiger partial charge in [0.15, 0.2) is 0 Å². The number of carbonyl (C=O) groups excluding carboxylic acids is 1. The number of hydrogen-bond acceptors (Lipinski definition) is 12. The van der Waals surface area contributed by atoms with Crippen LogP contribution in [-0.4, -0.2) is 80.9 Å². The van der Waals surface area contributed by atoms with Crippen molar-refractivity contribution in [1.29, 1.82) is 0 Å². The molecule has 0 aromatic rings. The number of carboxylic acids is 1. The van der Waals surface area contributed by atoms with Gasteiger partial charge in [-0.25, -0.2) is 4.28 Å². The van der Waals surface area contributed by atoms with E-state index in [1.807, 2.05) is 0 Å². The fraction of sp³-hybridized carbons (Fsp3) is 0.857. The topological polar surface area (TPSA) is 206 Å². The van der Waals surface area contributed by atoms with Crippen LogP contribution in [0.3, 0.4) is 0 Å². The maximum absolute atomic E-state index is 10.7. The summed E-state index contributed by atoms with van der Waals surface area (Å²) in [6.45, 7) is -0.631. The Hall–Kier alpha value is 0.636. The monoisotopic (exact) mass is 485 g/mol. The summed E-state index contributed by atoms with van der Waals surface area (Å²) in [5.74, 6) is -1.15. The van der Waals surface area contributed by atoms with Crippen molar-refractivity contribution in [2.45, 2.75) is 68.4 Å². The Labute approximate surface area is 215 Å². The van der Waals surface area contributed by atoms with Crippen LogP contribution in [0.2, 0.25) is 0 Å². The van der Waals surface area contributed by atoms with E-state index in [9.17, 15) is 38.7 Å². The van der Waals surface area contributed by atoms with Gasteiger partial charge in [0.2, 0.25) is 0 Å². The minimum absolute atomic E-state index is 0. The molecule has 5 N–H and O–H groups in total. The Balaban J connectivity index is 0.00000784. The Morgan fingerprint density at radius 1 is 1.07 bits per heavy atom. The number of aliphatic hydroxyl groups excluding tert-OH is 4. The Kier molecular flexibility index (Phi) is 15.0. The van der Waals surface area contributed by atoms with E-state index in [1.165, 1.54) is 0 Å². The molecule has 1 rings (SSSR count). The molecule has 1 fully saturated rings. The summed E-state index contributed by atoms with van der Waals surface area (Å²) in [6, 6.07) is 0. The summed E-state index contributed by atoms with van der Waals surface area (Å²) < 4.78 is 39.4. The largest absolute Gasteiger partial charge is 1.00 e. The van der Waals surface area contributed by atoms with Gasteiger partial charge in [0.05, 0.1) is 6.61 Å². The van der Waals surface area contributed by atoms with Gasteiger partial charge in [0.1, 0.15) is 34.9 Å². The number of rotatable bonds is 11. The number of unbranched alkanes of at least 4 members (excludes halogenated alkanes) is 3. The Morgan fingerprint density at radius 2 is 1.66 bits per heavy atom. The molecule has 0 saturated carbocycles. The van der Waals surface area contributed by atoms with Crippen LogP contribution in [0.5, 0.6) is 0 Å². The zero-order chi connectivity index (χ0) is 21.3. The third-order valence-electron chi connectivity index (χ3n) is 3.86. The SMILES string of the molecule is O=C([O-])CCCCCC/C(=N/OS(=O)(=O)O)S[C@@H]1O[C@H](CO)[C@@H](O)[C@H](O)[C@H]1O.[K+]. The van der Waals surface area contributed by atoms with Gasteiger partial charge in [-0.1, -0.05) is 29.8 Å². The van der Waals surface area contributed by atoms with Crippen LogP contribution >= 0.6 is 11.8 Å².